The fraction of sp³-hybridized carbons (Fsp3) is 0.211. The quantitative estimate of drug-likeness (QED) is 0.420. The van der Waals surface area contributed by atoms with Crippen LogP contribution in [0.25, 0.3) is 0 Å². The first-order chi connectivity index (χ1) is 12.6. The molecule has 0 fully saturated rings. The number of hydrogen-bond donors (Lipinski definition) is 0. The first-order valence-electron chi connectivity index (χ1n) is 7.76. The van der Waals surface area contributed by atoms with Crippen molar-refractivity contribution in [2.45, 2.75) is 13.5 Å². The van der Waals surface area contributed by atoms with Crippen LogP contribution in [0.4, 0.5) is 0 Å². The number of carbonyl (C=O) groups excluding carboxylic acids is 1. The number of carbonyl (C=O) groups is 1. The van der Waals surface area contributed by atoms with E-state index in [1.165, 1.54) is 20.4 Å². The Hall–Kier alpha value is -2.86. The first-order valence-corrected chi connectivity index (χ1v) is 8.14. The van der Waals surface area contributed by atoms with Gasteiger partial charge in [0.1, 0.15) is 13.7 Å². The molecule has 2 aromatic rings. The summed E-state index contributed by atoms with van der Waals surface area (Å²) in [4.78, 5) is 22.2. The maximum absolute atomic E-state index is 12.0. The third-order valence-corrected chi connectivity index (χ3v) is 3.95. The number of rotatable bonds is 7. The number of nitrogens with zero attached hydrogens (tertiary/aromatic N) is 2. The fourth-order valence-electron chi connectivity index (χ4n) is 2.28. The van der Waals surface area contributed by atoms with E-state index in [4.69, 9.17) is 26.0 Å². The molecule has 7 heteroatoms. The number of hydrogen-bond acceptors (Lipinski definition) is 6. The fourth-order valence-corrected chi connectivity index (χ4v) is 2.46. The first kappa shape index (κ1) is 19.5. The van der Waals surface area contributed by atoms with Crippen molar-refractivity contribution in [3.63, 3.8) is 0 Å². The predicted octanol–water partition coefficient (Wildman–Crippen LogP) is 3.72. The average Bonchev–Trinajstić information content (AvgIpc) is 2.65. The molecular weight excluding hydrogens is 356 g/mol. The summed E-state index contributed by atoms with van der Waals surface area (Å²) in [5.74, 6) is -0.599. The minimum Gasteiger partial charge on any atom is -0.464 e. The lowest BCUT2D eigenvalue weighted by Crippen LogP contribution is -2.20. The summed E-state index contributed by atoms with van der Waals surface area (Å²) in [7, 11) is 2.65. The van der Waals surface area contributed by atoms with E-state index in [0.29, 0.717) is 10.6 Å². The van der Waals surface area contributed by atoms with Crippen molar-refractivity contribution in [3.8, 4) is 0 Å². The van der Waals surface area contributed by atoms with E-state index in [-0.39, 0.29) is 12.3 Å². The molecule has 0 unspecified atom stereocenters. The molecule has 6 nitrogen and oxygen atoms in total. The number of esters is 1. The Morgan fingerprint density at radius 3 is 2.62 bits per heavy atom. The zero-order valence-electron chi connectivity index (χ0n) is 14.7. The lowest BCUT2D eigenvalue weighted by molar-refractivity contribution is -0.132. The van der Waals surface area contributed by atoms with Crippen LogP contribution in [-0.2, 0) is 25.8 Å². The number of ether oxygens (including phenoxy) is 1. The molecule has 0 N–H and O–H groups in total. The van der Waals surface area contributed by atoms with Crippen molar-refractivity contribution >= 4 is 29.5 Å². The van der Waals surface area contributed by atoms with Gasteiger partial charge in [0, 0.05) is 21.7 Å². The van der Waals surface area contributed by atoms with Gasteiger partial charge in [-0.2, -0.15) is 0 Å². The van der Waals surface area contributed by atoms with Gasteiger partial charge in [-0.15, -0.1) is 0 Å². The second-order valence-corrected chi connectivity index (χ2v) is 5.65. The standard InChI is InChI=1S/C19H19ClN2O4/c1-13-7-6-9-15(18(22-25-3)19(23)24-2)16(13)12-26-21-11-14-8-4-5-10-17(14)20/h4-11H,12H2,1-3H3/b21-11+,22-18+. The molecule has 0 spiro atoms. The second kappa shape index (κ2) is 9.58. The van der Waals surface area contributed by atoms with Gasteiger partial charge in [-0.25, -0.2) is 4.79 Å². The molecule has 0 saturated heterocycles. The van der Waals surface area contributed by atoms with Gasteiger partial charge in [-0.1, -0.05) is 58.3 Å². The molecule has 2 rings (SSSR count). The summed E-state index contributed by atoms with van der Waals surface area (Å²) >= 11 is 6.07. The molecule has 2 aromatic carbocycles. The van der Waals surface area contributed by atoms with Gasteiger partial charge in [0.2, 0.25) is 0 Å². The lowest BCUT2D eigenvalue weighted by Gasteiger charge is -2.12. The Morgan fingerprint density at radius 1 is 1.15 bits per heavy atom. The monoisotopic (exact) mass is 374 g/mol. The number of halogens is 1. The number of oxime groups is 2. The highest BCUT2D eigenvalue weighted by Crippen LogP contribution is 2.18. The Balaban J connectivity index is 2.23. The van der Waals surface area contributed by atoms with Crippen molar-refractivity contribution in [1.82, 2.24) is 0 Å². The zero-order valence-corrected chi connectivity index (χ0v) is 15.5. The molecule has 0 radical (unpaired) electrons. The third-order valence-electron chi connectivity index (χ3n) is 3.61. The summed E-state index contributed by atoms with van der Waals surface area (Å²) in [6.45, 7) is 2.05. The highest BCUT2D eigenvalue weighted by molar-refractivity contribution is 6.43. The maximum atomic E-state index is 12.0. The summed E-state index contributed by atoms with van der Waals surface area (Å²) in [5.41, 5.74) is 3.04. The van der Waals surface area contributed by atoms with Gasteiger partial charge in [0.05, 0.1) is 13.3 Å². The lowest BCUT2D eigenvalue weighted by atomic mass is 9.99. The van der Waals surface area contributed by atoms with Gasteiger partial charge in [-0.05, 0) is 18.6 Å². The Labute approximate surface area is 157 Å². The van der Waals surface area contributed by atoms with Crippen molar-refractivity contribution in [2.75, 3.05) is 14.2 Å². The van der Waals surface area contributed by atoms with E-state index >= 15 is 0 Å². The van der Waals surface area contributed by atoms with Gasteiger partial charge < -0.3 is 14.4 Å². The number of benzene rings is 2. The topological polar surface area (TPSA) is 69.5 Å². The van der Waals surface area contributed by atoms with Gasteiger partial charge in [0.25, 0.3) is 0 Å². The van der Waals surface area contributed by atoms with Crippen LogP contribution in [0.2, 0.25) is 5.02 Å². The van der Waals surface area contributed by atoms with Crippen LogP contribution >= 0.6 is 11.6 Å². The van der Waals surface area contributed by atoms with Crippen LogP contribution in [-0.4, -0.2) is 32.1 Å². The molecule has 136 valence electrons. The van der Waals surface area contributed by atoms with E-state index in [9.17, 15) is 4.79 Å². The Bertz CT molecular complexity index is 834. The second-order valence-electron chi connectivity index (χ2n) is 5.24. The maximum Gasteiger partial charge on any atom is 0.360 e. The molecule has 26 heavy (non-hydrogen) atoms. The third kappa shape index (κ3) is 4.83. The van der Waals surface area contributed by atoms with E-state index in [0.717, 1.165) is 16.7 Å². The normalized spacial score (nSPS) is 11.5. The van der Waals surface area contributed by atoms with E-state index in [1.807, 2.05) is 37.3 Å². The van der Waals surface area contributed by atoms with E-state index in [2.05, 4.69) is 10.3 Å². The smallest absolute Gasteiger partial charge is 0.360 e. The predicted molar refractivity (Wildman–Crippen MR) is 101 cm³/mol. The minimum absolute atomic E-state index is 0.0624. The van der Waals surface area contributed by atoms with Crippen LogP contribution in [0.3, 0.4) is 0 Å². The minimum atomic E-state index is -0.599. The van der Waals surface area contributed by atoms with Crippen LogP contribution in [0.5, 0.6) is 0 Å². The zero-order chi connectivity index (χ0) is 18.9. The molecule has 0 bridgehead atoms. The molecular formula is C19H19ClN2O4. The van der Waals surface area contributed by atoms with Crippen molar-refractivity contribution in [3.05, 3.63) is 69.7 Å². The van der Waals surface area contributed by atoms with E-state index < -0.39 is 5.97 Å². The summed E-state index contributed by atoms with van der Waals surface area (Å²) in [6.07, 6.45) is 1.53. The molecule has 0 atom stereocenters. The largest absolute Gasteiger partial charge is 0.464 e. The molecule has 0 saturated carbocycles. The van der Waals surface area contributed by atoms with Crippen LogP contribution in [0.1, 0.15) is 22.3 Å². The van der Waals surface area contributed by atoms with Gasteiger partial charge in [0.15, 0.2) is 5.71 Å². The van der Waals surface area contributed by atoms with Crippen molar-refractivity contribution in [1.29, 1.82) is 0 Å². The van der Waals surface area contributed by atoms with E-state index in [1.54, 1.807) is 12.1 Å². The number of methoxy groups -OCH3 is 1. The van der Waals surface area contributed by atoms with Crippen molar-refractivity contribution < 1.29 is 19.2 Å². The molecule has 0 aliphatic heterocycles. The molecule has 0 amide bonds. The molecule has 0 aliphatic rings. The Morgan fingerprint density at radius 2 is 1.92 bits per heavy atom. The number of aryl methyl sites for hydroxylation is 1. The summed E-state index contributed by atoms with van der Waals surface area (Å²) < 4.78 is 4.78. The average molecular weight is 375 g/mol. The highest BCUT2D eigenvalue weighted by atomic mass is 35.5. The van der Waals surface area contributed by atoms with Crippen LogP contribution in [0, 0.1) is 6.92 Å². The highest BCUT2D eigenvalue weighted by Gasteiger charge is 2.20. The van der Waals surface area contributed by atoms with Crippen molar-refractivity contribution in [2.24, 2.45) is 10.3 Å². The van der Waals surface area contributed by atoms with Gasteiger partial charge in [-0.3, -0.25) is 0 Å². The SMILES string of the molecule is CO/N=C(/C(=O)OC)c1cccc(C)c1CO/N=C/c1ccccc1Cl. The summed E-state index contributed by atoms with van der Waals surface area (Å²) in [5, 5.41) is 8.32. The molecule has 0 heterocycles. The molecule has 0 aliphatic carbocycles. The van der Waals surface area contributed by atoms with Gasteiger partial charge >= 0.3 is 5.97 Å². The Kier molecular flexibility index (Phi) is 7.17. The summed E-state index contributed by atoms with van der Waals surface area (Å²) in [6, 6.07) is 12.8. The molecule has 0 aromatic heterocycles. The van der Waals surface area contributed by atoms with Crippen LogP contribution < -0.4 is 0 Å². The van der Waals surface area contributed by atoms with Crippen LogP contribution in [0.15, 0.2) is 52.8 Å².